The van der Waals surface area contributed by atoms with E-state index >= 15 is 0 Å². The van der Waals surface area contributed by atoms with Crippen LogP contribution in [0.25, 0.3) is 5.57 Å². The maximum Gasteiger partial charge on any atom is 0.261 e. The van der Waals surface area contributed by atoms with E-state index in [1.165, 1.54) is 19.1 Å². The number of carbonyl (C=O) groups excluding carboxylic acids is 2. The number of aryl methyl sites for hydroxylation is 1. The summed E-state index contributed by atoms with van der Waals surface area (Å²) in [6, 6.07) is 17.4. The zero-order chi connectivity index (χ0) is 30.6. The SMILES string of the molecule is C=C/C(=C\N(C)C)c1ccc(C2CCN(C(=O)c3ccc(C)c(NC(=O)c4cccnc4OC)c3)CC2)cc1.CCC. The number of methoxy groups -OCH3 is 1. The van der Waals surface area contributed by atoms with Gasteiger partial charge in [0, 0.05) is 50.8 Å². The van der Waals surface area contributed by atoms with Gasteiger partial charge in [-0.15, -0.1) is 0 Å². The van der Waals surface area contributed by atoms with Gasteiger partial charge < -0.3 is 19.9 Å². The van der Waals surface area contributed by atoms with Crippen molar-refractivity contribution in [2.45, 2.75) is 46.0 Å². The molecular weight excluding hydrogens is 524 g/mol. The molecule has 1 aromatic heterocycles. The second-order valence-corrected chi connectivity index (χ2v) is 10.7. The van der Waals surface area contributed by atoms with Crippen LogP contribution in [0.15, 0.2) is 79.6 Å². The molecule has 7 heteroatoms. The molecule has 0 unspecified atom stereocenters. The van der Waals surface area contributed by atoms with E-state index in [4.69, 9.17) is 4.74 Å². The van der Waals surface area contributed by atoms with Crippen LogP contribution in [0.4, 0.5) is 5.69 Å². The van der Waals surface area contributed by atoms with Crippen LogP contribution in [0.1, 0.15) is 76.4 Å². The summed E-state index contributed by atoms with van der Waals surface area (Å²) >= 11 is 0. The lowest BCUT2D eigenvalue weighted by Gasteiger charge is -2.32. The normalized spacial score (nSPS) is 13.5. The first-order valence-electron chi connectivity index (χ1n) is 14.5. The first-order chi connectivity index (χ1) is 20.2. The number of hydrogen-bond donors (Lipinski definition) is 1. The van der Waals surface area contributed by atoms with E-state index in [2.05, 4.69) is 61.2 Å². The zero-order valence-corrected chi connectivity index (χ0v) is 25.8. The van der Waals surface area contributed by atoms with Crippen LogP contribution in [0, 0.1) is 6.92 Å². The number of benzene rings is 2. The number of nitrogens with one attached hydrogen (secondary N) is 1. The Labute approximate surface area is 250 Å². The summed E-state index contributed by atoms with van der Waals surface area (Å²) in [4.78, 5) is 34.3. The summed E-state index contributed by atoms with van der Waals surface area (Å²) in [6.45, 7) is 11.5. The molecule has 42 heavy (non-hydrogen) atoms. The Balaban J connectivity index is 0.00000155. The van der Waals surface area contributed by atoms with Crippen LogP contribution < -0.4 is 10.1 Å². The molecule has 0 atom stereocenters. The van der Waals surface area contributed by atoms with Gasteiger partial charge in [-0.25, -0.2) is 4.98 Å². The van der Waals surface area contributed by atoms with Gasteiger partial charge in [0.15, 0.2) is 0 Å². The fourth-order valence-electron chi connectivity index (χ4n) is 4.88. The van der Waals surface area contributed by atoms with Crippen LogP contribution >= 0.6 is 0 Å². The molecule has 0 saturated carbocycles. The van der Waals surface area contributed by atoms with Crippen molar-refractivity contribution in [1.82, 2.24) is 14.8 Å². The molecule has 1 aliphatic heterocycles. The molecule has 0 radical (unpaired) electrons. The van der Waals surface area contributed by atoms with Gasteiger partial charge in [0.05, 0.1) is 7.11 Å². The predicted molar refractivity (Wildman–Crippen MR) is 172 cm³/mol. The Morgan fingerprint density at radius 3 is 2.31 bits per heavy atom. The van der Waals surface area contributed by atoms with E-state index in [1.807, 2.05) is 49.0 Å². The van der Waals surface area contributed by atoms with E-state index in [0.717, 1.165) is 29.5 Å². The van der Waals surface area contributed by atoms with Gasteiger partial charge in [-0.1, -0.05) is 63.3 Å². The lowest BCUT2D eigenvalue weighted by Crippen LogP contribution is -2.38. The maximum absolute atomic E-state index is 13.4. The maximum atomic E-state index is 13.4. The average molecular weight is 569 g/mol. The lowest BCUT2D eigenvalue weighted by molar-refractivity contribution is 0.0712. The number of rotatable bonds is 8. The van der Waals surface area contributed by atoms with Gasteiger partial charge in [-0.3, -0.25) is 9.59 Å². The van der Waals surface area contributed by atoms with Crippen molar-refractivity contribution in [3.63, 3.8) is 0 Å². The van der Waals surface area contributed by atoms with Crippen molar-refractivity contribution in [2.24, 2.45) is 0 Å². The number of pyridine rings is 1. The molecule has 0 spiro atoms. The van der Waals surface area contributed by atoms with Crippen LogP contribution in [0.3, 0.4) is 0 Å². The highest BCUT2D eigenvalue weighted by molar-refractivity contribution is 6.07. The monoisotopic (exact) mass is 568 g/mol. The van der Waals surface area contributed by atoms with Gasteiger partial charge >= 0.3 is 0 Å². The highest BCUT2D eigenvalue weighted by atomic mass is 16.5. The number of piperidine rings is 1. The second kappa shape index (κ2) is 15.6. The number of amides is 2. The molecular formula is C35H44N4O3. The quantitative estimate of drug-likeness (QED) is 0.292. The van der Waals surface area contributed by atoms with Gasteiger partial charge in [-0.2, -0.15) is 0 Å². The number of allylic oxidation sites excluding steroid dienone is 2. The second-order valence-electron chi connectivity index (χ2n) is 10.7. The number of nitrogens with zero attached hydrogens (tertiary/aromatic N) is 3. The smallest absolute Gasteiger partial charge is 0.261 e. The third-order valence-electron chi connectivity index (χ3n) is 7.06. The molecule has 2 heterocycles. The predicted octanol–water partition coefficient (Wildman–Crippen LogP) is 7.18. The summed E-state index contributed by atoms with van der Waals surface area (Å²) in [5.74, 6) is 0.304. The van der Waals surface area contributed by atoms with Gasteiger partial charge in [0.1, 0.15) is 5.56 Å². The first kappa shape index (κ1) is 32.1. The van der Waals surface area contributed by atoms with Crippen molar-refractivity contribution in [2.75, 3.05) is 39.6 Å². The molecule has 3 aromatic rings. The summed E-state index contributed by atoms with van der Waals surface area (Å²) in [5.41, 5.74) is 5.87. The molecule has 1 aliphatic rings. The average Bonchev–Trinajstić information content (AvgIpc) is 3.01. The Morgan fingerprint density at radius 2 is 1.71 bits per heavy atom. The molecule has 4 rings (SSSR count). The fourth-order valence-corrected chi connectivity index (χ4v) is 4.88. The summed E-state index contributed by atoms with van der Waals surface area (Å²) in [7, 11) is 5.48. The topological polar surface area (TPSA) is 74.8 Å². The van der Waals surface area contributed by atoms with E-state index < -0.39 is 0 Å². The van der Waals surface area contributed by atoms with Crippen molar-refractivity contribution < 1.29 is 14.3 Å². The Bertz CT molecular complexity index is 1390. The molecule has 2 aromatic carbocycles. The molecule has 7 nitrogen and oxygen atoms in total. The Hall–Kier alpha value is -4.39. The Kier molecular flexibility index (Phi) is 11.9. The fraction of sp³-hybridized carbons (Fsp3) is 0.343. The molecule has 1 N–H and O–H groups in total. The van der Waals surface area contributed by atoms with Crippen LogP contribution in [0.5, 0.6) is 5.88 Å². The number of hydrogen-bond acceptors (Lipinski definition) is 5. The standard InChI is InChI=1S/C32H36N4O3.C3H8/c1-6-23(21-35(3)4)24-11-13-25(14-12-24)26-15-18-36(19-16-26)32(38)27-10-9-22(2)29(20-27)34-30(37)28-8-7-17-33-31(28)39-5;1-3-2/h6-14,17,20-21,26H,1,15-16,18-19H2,2-5H3,(H,34,37);3H2,1-2H3/b23-21+;. The highest BCUT2D eigenvalue weighted by Crippen LogP contribution is 2.30. The Morgan fingerprint density at radius 1 is 1.07 bits per heavy atom. The minimum absolute atomic E-state index is 0.0253. The third-order valence-corrected chi connectivity index (χ3v) is 7.06. The van der Waals surface area contributed by atoms with E-state index in [1.54, 1.807) is 24.4 Å². The van der Waals surface area contributed by atoms with Crippen molar-refractivity contribution in [3.05, 3.63) is 107 Å². The van der Waals surface area contributed by atoms with Crippen molar-refractivity contribution >= 4 is 23.1 Å². The molecule has 1 fully saturated rings. The minimum Gasteiger partial charge on any atom is -0.480 e. The lowest BCUT2D eigenvalue weighted by atomic mass is 9.88. The number of carbonyl (C=O) groups is 2. The van der Waals surface area contributed by atoms with Crippen molar-refractivity contribution in [1.29, 1.82) is 0 Å². The summed E-state index contributed by atoms with van der Waals surface area (Å²) < 4.78 is 5.21. The molecule has 0 bridgehead atoms. The van der Waals surface area contributed by atoms with Crippen LogP contribution in [-0.4, -0.2) is 60.9 Å². The molecule has 0 aliphatic carbocycles. The number of aromatic nitrogens is 1. The largest absolute Gasteiger partial charge is 0.480 e. The number of ether oxygens (including phenoxy) is 1. The van der Waals surface area contributed by atoms with Crippen LogP contribution in [-0.2, 0) is 0 Å². The van der Waals surface area contributed by atoms with E-state index in [-0.39, 0.29) is 17.7 Å². The van der Waals surface area contributed by atoms with Crippen LogP contribution in [0.2, 0.25) is 0 Å². The van der Waals surface area contributed by atoms with Crippen molar-refractivity contribution in [3.8, 4) is 5.88 Å². The van der Waals surface area contributed by atoms with Gasteiger partial charge in [0.25, 0.3) is 11.8 Å². The molecule has 222 valence electrons. The third kappa shape index (κ3) is 8.32. The number of anilines is 1. The molecule has 2 amide bonds. The first-order valence-corrected chi connectivity index (χ1v) is 14.5. The summed E-state index contributed by atoms with van der Waals surface area (Å²) in [5, 5.41) is 2.91. The highest BCUT2D eigenvalue weighted by Gasteiger charge is 2.25. The molecule has 1 saturated heterocycles. The van der Waals surface area contributed by atoms with E-state index in [9.17, 15) is 9.59 Å². The van der Waals surface area contributed by atoms with Gasteiger partial charge in [-0.05, 0) is 72.2 Å². The minimum atomic E-state index is -0.336. The van der Waals surface area contributed by atoms with Gasteiger partial charge in [0.2, 0.25) is 5.88 Å². The zero-order valence-electron chi connectivity index (χ0n) is 25.8. The summed E-state index contributed by atoms with van der Waals surface area (Å²) in [6.07, 6.45) is 8.56. The van der Waals surface area contributed by atoms with E-state index in [0.29, 0.717) is 35.8 Å². The number of likely N-dealkylation sites (tertiary alicyclic amines) is 1.